The zero-order chi connectivity index (χ0) is 14.2. The van der Waals surface area contributed by atoms with Gasteiger partial charge in [0.25, 0.3) is 5.92 Å². The van der Waals surface area contributed by atoms with Gasteiger partial charge in [0.2, 0.25) is 5.91 Å². The summed E-state index contributed by atoms with van der Waals surface area (Å²) in [5, 5.41) is 5.60. The van der Waals surface area contributed by atoms with Crippen LogP contribution in [0.2, 0.25) is 0 Å². The highest BCUT2D eigenvalue weighted by atomic mass is 32.1. The molecule has 1 N–H and O–H groups in total. The fourth-order valence-electron chi connectivity index (χ4n) is 2.93. The molecule has 1 aromatic heterocycles. The number of halogens is 2. The number of thiazole rings is 1. The SMILES string of the molecule is O=C(C1CC(F)(F)CN1)N1CCCC(c2nccs2)C1. The molecule has 2 unspecified atom stereocenters. The lowest BCUT2D eigenvalue weighted by Crippen LogP contribution is -2.47. The Balaban J connectivity index is 1.64. The molecule has 0 radical (unpaired) electrons. The zero-order valence-corrected chi connectivity index (χ0v) is 11.8. The van der Waals surface area contributed by atoms with E-state index in [1.807, 2.05) is 5.38 Å². The smallest absolute Gasteiger partial charge is 0.262 e. The van der Waals surface area contributed by atoms with Crippen LogP contribution >= 0.6 is 11.3 Å². The maximum Gasteiger partial charge on any atom is 0.262 e. The number of carbonyl (C=O) groups is 1. The van der Waals surface area contributed by atoms with Crippen LogP contribution in [0.5, 0.6) is 0 Å². The fourth-order valence-corrected chi connectivity index (χ4v) is 3.69. The second-order valence-electron chi connectivity index (χ2n) is 5.49. The average Bonchev–Trinajstić information content (AvgIpc) is 3.07. The van der Waals surface area contributed by atoms with Gasteiger partial charge in [-0.15, -0.1) is 11.3 Å². The van der Waals surface area contributed by atoms with E-state index in [0.717, 1.165) is 17.8 Å². The molecule has 0 saturated carbocycles. The fraction of sp³-hybridized carbons (Fsp3) is 0.692. The summed E-state index contributed by atoms with van der Waals surface area (Å²) in [5.74, 6) is -2.71. The Morgan fingerprint density at radius 3 is 3.05 bits per heavy atom. The molecule has 0 bridgehead atoms. The van der Waals surface area contributed by atoms with E-state index in [2.05, 4.69) is 10.3 Å². The first kappa shape index (κ1) is 13.9. The normalized spacial score (nSPS) is 29.6. The highest BCUT2D eigenvalue weighted by molar-refractivity contribution is 7.09. The van der Waals surface area contributed by atoms with E-state index in [1.165, 1.54) is 0 Å². The van der Waals surface area contributed by atoms with Crippen molar-refractivity contribution < 1.29 is 13.6 Å². The molecule has 0 spiro atoms. The van der Waals surface area contributed by atoms with Crippen LogP contribution in [-0.2, 0) is 4.79 Å². The maximum atomic E-state index is 13.2. The molecule has 2 atom stereocenters. The lowest BCUT2D eigenvalue weighted by atomic mass is 9.98. The average molecular weight is 301 g/mol. The summed E-state index contributed by atoms with van der Waals surface area (Å²) in [4.78, 5) is 18.3. The number of nitrogens with zero attached hydrogens (tertiary/aromatic N) is 2. The number of carbonyl (C=O) groups excluding carboxylic acids is 1. The van der Waals surface area contributed by atoms with E-state index < -0.39 is 18.5 Å². The van der Waals surface area contributed by atoms with Crippen molar-refractivity contribution in [2.75, 3.05) is 19.6 Å². The van der Waals surface area contributed by atoms with E-state index in [9.17, 15) is 13.6 Å². The minimum atomic E-state index is -2.76. The number of alkyl halides is 2. The number of likely N-dealkylation sites (tertiary alicyclic amines) is 1. The third-order valence-electron chi connectivity index (χ3n) is 3.94. The van der Waals surface area contributed by atoms with E-state index in [0.29, 0.717) is 13.1 Å². The van der Waals surface area contributed by atoms with Gasteiger partial charge >= 0.3 is 0 Å². The molecular formula is C13H17F2N3OS. The number of hydrogen-bond donors (Lipinski definition) is 1. The first-order valence-corrected chi connectivity index (χ1v) is 7.72. The van der Waals surface area contributed by atoms with Crippen LogP contribution in [0.3, 0.4) is 0 Å². The number of nitrogens with one attached hydrogen (secondary N) is 1. The Hall–Kier alpha value is -1.08. The monoisotopic (exact) mass is 301 g/mol. The molecule has 4 nitrogen and oxygen atoms in total. The van der Waals surface area contributed by atoms with Crippen molar-refractivity contribution in [3.8, 4) is 0 Å². The molecule has 20 heavy (non-hydrogen) atoms. The number of rotatable bonds is 2. The third-order valence-corrected chi connectivity index (χ3v) is 4.88. The van der Waals surface area contributed by atoms with Gasteiger partial charge in [-0.05, 0) is 12.8 Å². The minimum absolute atomic E-state index is 0.191. The van der Waals surface area contributed by atoms with Crippen LogP contribution in [0, 0.1) is 0 Å². The summed E-state index contributed by atoms with van der Waals surface area (Å²) in [7, 11) is 0. The molecule has 110 valence electrons. The zero-order valence-electron chi connectivity index (χ0n) is 11.0. The third kappa shape index (κ3) is 2.83. The van der Waals surface area contributed by atoms with Gasteiger partial charge in [0.15, 0.2) is 0 Å². The summed E-state index contributed by atoms with van der Waals surface area (Å²) in [5.41, 5.74) is 0. The Labute approximate surface area is 120 Å². The minimum Gasteiger partial charge on any atom is -0.341 e. The van der Waals surface area contributed by atoms with Gasteiger partial charge in [-0.25, -0.2) is 13.8 Å². The molecule has 1 aromatic rings. The standard InChI is InChI=1S/C13H17F2N3OS/c14-13(15)6-10(17-8-13)12(19)18-4-1-2-9(7-18)11-16-3-5-20-11/h3,5,9-10,17H,1-2,4,6-8H2. The van der Waals surface area contributed by atoms with Gasteiger partial charge in [-0.1, -0.05) is 0 Å². The van der Waals surface area contributed by atoms with Gasteiger partial charge in [-0.3, -0.25) is 10.1 Å². The Kier molecular flexibility index (Phi) is 3.72. The lowest BCUT2D eigenvalue weighted by Gasteiger charge is -2.33. The van der Waals surface area contributed by atoms with Gasteiger partial charge in [0.05, 0.1) is 17.6 Å². The molecule has 0 aromatic carbocycles. The molecule has 2 saturated heterocycles. The summed E-state index contributed by atoms with van der Waals surface area (Å²) in [6.07, 6.45) is 3.29. The number of aromatic nitrogens is 1. The van der Waals surface area contributed by atoms with Crippen LogP contribution in [0.1, 0.15) is 30.2 Å². The Bertz CT molecular complexity index is 480. The van der Waals surface area contributed by atoms with Gasteiger partial charge in [-0.2, -0.15) is 0 Å². The molecule has 3 heterocycles. The first-order chi connectivity index (χ1) is 9.55. The van der Waals surface area contributed by atoms with Crippen molar-refractivity contribution in [2.24, 2.45) is 0 Å². The van der Waals surface area contributed by atoms with Crippen molar-refractivity contribution >= 4 is 17.2 Å². The highest BCUT2D eigenvalue weighted by Gasteiger charge is 2.44. The Morgan fingerprint density at radius 2 is 2.40 bits per heavy atom. The maximum absolute atomic E-state index is 13.2. The molecule has 2 fully saturated rings. The second-order valence-corrected chi connectivity index (χ2v) is 6.41. The van der Waals surface area contributed by atoms with Crippen LogP contribution in [0.4, 0.5) is 8.78 Å². The molecule has 7 heteroatoms. The largest absolute Gasteiger partial charge is 0.341 e. The quantitative estimate of drug-likeness (QED) is 0.907. The molecular weight excluding hydrogens is 284 g/mol. The van der Waals surface area contributed by atoms with Gasteiger partial charge in [0, 0.05) is 37.0 Å². The van der Waals surface area contributed by atoms with E-state index >= 15 is 0 Å². The van der Waals surface area contributed by atoms with Crippen molar-refractivity contribution in [3.63, 3.8) is 0 Å². The topological polar surface area (TPSA) is 45.2 Å². The summed E-state index contributed by atoms with van der Waals surface area (Å²) >= 11 is 1.59. The van der Waals surface area contributed by atoms with E-state index in [4.69, 9.17) is 0 Å². The highest BCUT2D eigenvalue weighted by Crippen LogP contribution is 2.30. The molecule has 2 aliphatic rings. The van der Waals surface area contributed by atoms with E-state index in [1.54, 1.807) is 22.4 Å². The number of hydrogen-bond acceptors (Lipinski definition) is 4. The van der Waals surface area contributed by atoms with E-state index in [-0.39, 0.29) is 18.2 Å². The second kappa shape index (κ2) is 5.37. The molecule has 2 aliphatic heterocycles. The predicted octanol–water partition coefficient (Wildman–Crippen LogP) is 1.85. The van der Waals surface area contributed by atoms with Crippen LogP contribution in [0.15, 0.2) is 11.6 Å². The molecule has 1 amide bonds. The van der Waals surface area contributed by atoms with Crippen LogP contribution in [-0.4, -0.2) is 47.4 Å². The Morgan fingerprint density at radius 1 is 1.55 bits per heavy atom. The van der Waals surface area contributed by atoms with Crippen LogP contribution < -0.4 is 5.32 Å². The van der Waals surface area contributed by atoms with Crippen molar-refractivity contribution in [3.05, 3.63) is 16.6 Å². The molecule has 3 rings (SSSR count). The van der Waals surface area contributed by atoms with Gasteiger partial charge < -0.3 is 4.90 Å². The summed E-state index contributed by atoms with van der Waals surface area (Å²) in [6.45, 7) is 0.855. The summed E-state index contributed by atoms with van der Waals surface area (Å²) < 4.78 is 26.4. The first-order valence-electron chi connectivity index (χ1n) is 6.84. The molecule has 0 aliphatic carbocycles. The number of amides is 1. The number of piperidine rings is 1. The van der Waals surface area contributed by atoms with Crippen molar-refractivity contribution in [1.29, 1.82) is 0 Å². The summed E-state index contributed by atoms with van der Waals surface area (Å²) in [6, 6.07) is -0.736. The van der Waals surface area contributed by atoms with Crippen LogP contribution in [0.25, 0.3) is 0 Å². The predicted molar refractivity (Wildman–Crippen MR) is 72.0 cm³/mol. The van der Waals surface area contributed by atoms with Crippen molar-refractivity contribution in [1.82, 2.24) is 15.2 Å². The lowest BCUT2D eigenvalue weighted by molar-refractivity contribution is -0.134. The van der Waals surface area contributed by atoms with Crippen molar-refractivity contribution in [2.45, 2.75) is 37.1 Å². The van der Waals surface area contributed by atoms with Gasteiger partial charge in [0.1, 0.15) is 0 Å².